The van der Waals surface area contributed by atoms with Crippen molar-refractivity contribution in [1.29, 1.82) is 0 Å². The fourth-order valence-corrected chi connectivity index (χ4v) is 3.59. The van der Waals surface area contributed by atoms with E-state index in [1.165, 1.54) is 48.1 Å². The molecule has 1 aliphatic rings. The first kappa shape index (κ1) is 16.5. The van der Waals surface area contributed by atoms with Crippen molar-refractivity contribution in [2.75, 3.05) is 32.7 Å². The van der Waals surface area contributed by atoms with Crippen LogP contribution in [0.3, 0.4) is 0 Å². The molecule has 0 unspecified atom stereocenters. The predicted molar refractivity (Wildman–Crippen MR) is 99.3 cm³/mol. The molecular weight excluding hydrogens is 282 g/mol. The number of rotatable bonds is 6. The summed E-state index contributed by atoms with van der Waals surface area (Å²) in [6.45, 7) is 13.8. The first-order valence-electron chi connectivity index (χ1n) is 9.23. The van der Waals surface area contributed by atoms with E-state index in [-0.39, 0.29) is 0 Å². The molecule has 3 heteroatoms. The molecule has 1 aromatic carbocycles. The highest BCUT2D eigenvalue weighted by Gasteiger charge is 2.13. The molecule has 1 saturated heterocycles. The minimum absolute atomic E-state index is 0.593. The normalized spacial score (nSPS) is 16.5. The summed E-state index contributed by atoms with van der Waals surface area (Å²) in [6.07, 6.45) is 4.75. The van der Waals surface area contributed by atoms with Gasteiger partial charge in [-0.2, -0.15) is 0 Å². The van der Waals surface area contributed by atoms with E-state index < -0.39 is 0 Å². The lowest BCUT2D eigenvalue weighted by molar-refractivity contribution is 0.244. The maximum absolute atomic E-state index is 3.44. The zero-order valence-electron chi connectivity index (χ0n) is 14.9. The standard InChI is InChI=1S/C20H31N3/c1-4-10-23-15-18(7-11-22-12-8-21-9-13-22)19-14-17(16(2)3)5-6-20(19)23/h5-6,14-16,21H,4,7-13H2,1-3H3. The Kier molecular flexibility index (Phi) is 5.39. The molecule has 0 amide bonds. The van der Waals surface area contributed by atoms with Gasteiger partial charge in [-0.05, 0) is 42.0 Å². The van der Waals surface area contributed by atoms with E-state index in [0.717, 1.165) is 26.1 Å². The zero-order chi connectivity index (χ0) is 16.2. The summed E-state index contributed by atoms with van der Waals surface area (Å²) < 4.78 is 2.45. The van der Waals surface area contributed by atoms with Crippen molar-refractivity contribution < 1.29 is 0 Å². The monoisotopic (exact) mass is 313 g/mol. The van der Waals surface area contributed by atoms with Crippen LogP contribution in [0, 0.1) is 0 Å². The Hall–Kier alpha value is -1.32. The van der Waals surface area contributed by atoms with Crippen LogP contribution in [0.15, 0.2) is 24.4 Å². The molecule has 3 rings (SSSR count). The van der Waals surface area contributed by atoms with Crippen LogP contribution in [-0.2, 0) is 13.0 Å². The van der Waals surface area contributed by atoms with E-state index in [9.17, 15) is 0 Å². The fraction of sp³-hybridized carbons (Fsp3) is 0.600. The average molecular weight is 313 g/mol. The third kappa shape index (κ3) is 3.78. The highest BCUT2D eigenvalue weighted by molar-refractivity contribution is 5.85. The molecule has 1 fully saturated rings. The number of fused-ring (bicyclic) bond motifs is 1. The lowest BCUT2D eigenvalue weighted by Crippen LogP contribution is -2.44. The Labute approximate surface area is 140 Å². The molecule has 1 aromatic heterocycles. The first-order chi connectivity index (χ1) is 11.2. The van der Waals surface area contributed by atoms with Crippen molar-refractivity contribution in [1.82, 2.24) is 14.8 Å². The molecular formula is C20H31N3. The quantitative estimate of drug-likeness (QED) is 0.879. The van der Waals surface area contributed by atoms with E-state index in [0.29, 0.717) is 5.92 Å². The lowest BCUT2D eigenvalue weighted by Gasteiger charge is -2.27. The van der Waals surface area contributed by atoms with E-state index in [2.05, 4.69) is 60.0 Å². The van der Waals surface area contributed by atoms with Crippen LogP contribution in [0.25, 0.3) is 10.9 Å². The van der Waals surface area contributed by atoms with Gasteiger partial charge in [0.1, 0.15) is 0 Å². The van der Waals surface area contributed by atoms with E-state index in [4.69, 9.17) is 0 Å². The largest absolute Gasteiger partial charge is 0.347 e. The maximum Gasteiger partial charge on any atom is 0.0483 e. The molecule has 0 atom stereocenters. The molecule has 0 spiro atoms. The van der Waals surface area contributed by atoms with Gasteiger partial charge in [0.15, 0.2) is 0 Å². The van der Waals surface area contributed by atoms with Crippen LogP contribution < -0.4 is 5.32 Å². The van der Waals surface area contributed by atoms with Crippen molar-refractivity contribution in [2.24, 2.45) is 0 Å². The van der Waals surface area contributed by atoms with Crippen LogP contribution in [0.4, 0.5) is 0 Å². The Morgan fingerprint density at radius 2 is 1.91 bits per heavy atom. The van der Waals surface area contributed by atoms with E-state index in [1.54, 1.807) is 0 Å². The Morgan fingerprint density at radius 1 is 1.13 bits per heavy atom. The lowest BCUT2D eigenvalue weighted by atomic mass is 10.00. The molecule has 0 aliphatic carbocycles. The van der Waals surface area contributed by atoms with Gasteiger partial charge >= 0.3 is 0 Å². The summed E-state index contributed by atoms with van der Waals surface area (Å²) in [6, 6.07) is 7.06. The number of benzene rings is 1. The highest BCUT2D eigenvalue weighted by Crippen LogP contribution is 2.27. The summed E-state index contributed by atoms with van der Waals surface area (Å²) in [5.41, 5.74) is 4.39. The van der Waals surface area contributed by atoms with Gasteiger partial charge in [0, 0.05) is 56.4 Å². The van der Waals surface area contributed by atoms with Crippen molar-refractivity contribution in [3.8, 4) is 0 Å². The molecule has 1 N–H and O–H groups in total. The average Bonchev–Trinajstić information content (AvgIpc) is 2.91. The molecule has 0 saturated carbocycles. The van der Waals surface area contributed by atoms with Crippen LogP contribution in [-0.4, -0.2) is 42.2 Å². The molecule has 1 aliphatic heterocycles. The molecule has 3 nitrogen and oxygen atoms in total. The van der Waals surface area contributed by atoms with Crippen molar-refractivity contribution in [2.45, 2.75) is 46.1 Å². The van der Waals surface area contributed by atoms with E-state index >= 15 is 0 Å². The number of aromatic nitrogens is 1. The number of aryl methyl sites for hydroxylation is 1. The summed E-state index contributed by atoms with van der Waals surface area (Å²) in [4.78, 5) is 2.59. The molecule has 0 radical (unpaired) electrons. The van der Waals surface area contributed by atoms with Gasteiger partial charge in [-0.1, -0.05) is 26.8 Å². The Morgan fingerprint density at radius 3 is 2.61 bits per heavy atom. The van der Waals surface area contributed by atoms with Crippen molar-refractivity contribution in [3.63, 3.8) is 0 Å². The van der Waals surface area contributed by atoms with Gasteiger partial charge < -0.3 is 14.8 Å². The SMILES string of the molecule is CCCn1cc(CCN2CCNCC2)c2cc(C(C)C)ccc21. The number of hydrogen-bond donors (Lipinski definition) is 1. The summed E-state index contributed by atoms with van der Waals surface area (Å²) in [5, 5.41) is 4.91. The zero-order valence-corrected chi connectivity index (χ0v) is 14.9. The van der Waals surface area contributed by atoms with Gasteiger partial charge in [0.05, 0.1) is 0 Å². The Balaban J connectivity index is 1.85. The second kappa shape index (κ2) is 7.50. The van der Waals surface area contributed by atoms with Crippen molar-refractivity contribution in [3.05, 3.63) is 35.5 Å². The van der Waals surface area contributed by atoms with Crippen LogP contribution >= 0.6 is 0 Å². The molecule has 2 heterocycles. The van der Waals surface area contributed by atoms with Gasteiger partial charge in [-0.25, -0.2) is 0 Å². The van der Waals surface area contributed by atoms with Crippen LogP contribution in [0.1, 0.15) is 44.2 Å². The van der Waals surface area contributed by atoms with E-state index in [1.807, 2.05) is 0 Å². The van der Waals surface area contributed by atoms with Crippen molar-refractivity contribution >= 4 is 10.9 Å². The second-order valence-corrected chi connectivity index (χ2v) is 7.12. The predicted octanol–water partition coefficient (Wildman–Crippen LogP) is 3.62. The summed E-state index contributed by atoms with van der Waals surface area (Å²) in [5.74, 6) is 0.593. The van der Waals surface area contributed by atoms with Gasteiger partial charge in [0.2, 0.25) is 0 Å². The third-order valence-corrected chi connectivity index (χ3v) is 5.03. The fourth-order valence-electron chi connectivity index (χ4n) is 3.59. The summed E-state index contributed by atoms with van der Waals surface area (Å²) >= 11 is 0. The smallest absolute Gasteiger partial charge is 0.0483 e. The number of nitrogens with one attached hydrogen (secondary N) is 1. The molecule has 126 valence electrons. The van der Waals surface area contributed by atoms with Gasteiger partial charge in [-0.3, -0.25) is 0 Å². The van der Waals surface area contributed by atoms with Crippen LogP contribution in [0.2, 0.25) is 0 Å². The second-order valence-electron chi connectivity index (χ2n) is 7.12. The number of nitrogens with zero attached hydrogens (tertiary/aromatic N) is 2. The topological polar surface area (TPSA) is 20.2 Å². The number of piperazine rings is 1. The maximum atomic E-state index is 3.44. The minimum atomic E-state index is 0.593. The highest BCUT2D eigenvalue weighted by atomic mass is 15.2. The third-order valence-electron chi connectivity index (χ3n) is 5.03. The molecule has 0 bridgehead atoms. The minimum Gasteiger partial charge on any atom is -0.347 e. The summed E-state index contributed by atoms with van der Waals surface area (Å²) in [7, 11) is 0. The van der Waals surface area contributed by atoms with Crippen LogP contribution in [0.5, 0.6) is 0 Å². The van der Waals surface area contributed by atoms with Gasteiger partial charge in [0.25, 0.3) is 0 Å². The molecule has 2 aromatic rings. The first-order valence-corrected chi connectivity index (χ1v) is 9.23. The molecule has 23 heavy (non-hydrogen) atoms. The van der Waals surface area contributed by atoms with Gasteiger partial charge in [-0.15, -0.1) is 0 Å². The number of hydrogen-bond acceptors (Lipinski definition) is 2. The Bertz CT molecular complexity index is 636.